The van der Waals surface area contributed by atoms with Crippen LogP contribution in [0, 0.1) is 12.8 Å². The molecule has 1 aromatic heterocycles. The topological polar surface area (TPSA) is 63.9 Å². The normalized spacial score (nSPS) is 16.1. The van der Waals surface area contributed by atoms with Gasteiger partial charge in [0, 0.05) is 19.2 Å². The number of halogens is 3. The smallest absolute Gasteiger partial charge is 0.339 e. The summed E-state index contributed by atoms with van der Waals surface area (Å²) in [6, 6.07) is 3.44. The van der Waals surface area contributed by atoms with Gasteiger partial charge in [-0.05, 0) is 60.2 Å². The number of rotatable bonds is 4. The lowest BCUT2D eigenvalue weighted by Gasteiger charge is -2.29. The van der Waals surface area contributed by atoms with Crippen LogP contribution in [0.3, 0.4) is 0 Å². The first kappa shape index (κ1) is 20.0. The molecule has 1 aliphatic heterocycles. The Kier molecular flexibility index (Phi) is 5.81. The van der Waals surface area contributed by atoms with E-state index in [0.717, 1.165) is 25.0 Å². The van der Waals surface area contributed by atoms with Crippen LogP contribution in [0.25, 0.3) is 6.08 Å². The first-order chi connectivity index (χ1) is 13.2. The summed E-state index contributed by atoms with van der Waals surface area (Å²) >= 11 is 0. The Morgan fingerprint density at radius 3 is 2.61 bits per heavy atom. The zero-order valence-electron chi connectivity index (χ0n) is 15.8. The monoisotopic (exact) mass is 393 g/mol. The molecule has 150 valence electrons. The fourth-order valence-corrected chi connectivity index (χ4v) is 3.12. The van der Waals surface area contributed by atoms with Crippen LogP contribution < -0.4 is 0 Å². The summed E-state index contributed by atoms with van der Waals surface area (Å²) in [4.78, 5) is 15.4. The SMILES string of the molecule is Cc1nnn(Cc2cc(C(F)(F)F)ccc2C=CC(=O)N2CCC(C)CC2)n1. The van der Waals surface area contributed by atoms with E-state index in [9.17, 15) is 18.0 Å². The predicted octanol–water partition coefficient (Wildman–Crippen LogP) is 3.32. The standard InChI is InChI=1S/C19H22F3N5O/c1-13-7-9-26(10-8-13)18(28)6-4-15-3-5-17(19(20,21)22)11-16(15)12-27-24-14(2)23-25-27/h3-6,11,13H,7-10,12H2,1-2H3. The molecule has 0 spiro atoms. The van der Waals surface area contributed by atoms with Crippen molar-refractivity contribution in [3.05, 3.63) is 46.8 Å². The van der Waals surface area contributed by atoms with Crippen molar-refractivity contribution in [3.63, 3.8) is 0 Å². The van der Waals surface area contributed by atoms with Crippen molar-refractivity contribution >= 4 is 12.0 Å². The molecule has 1 aliphatic rings. The first-order valence-corrected chi connectivity index (χ1v) is 9.14. The quantitative estimate of drug-likeness (QED) is 0.748. The minimum Gasteiger partial charge on any atom is -0.339 e. The molecule has 2 heterocycles. The largest absolute Gasteiger partial charge is 0.416 e. The number of hydrogen-bond acceptors (Lipinski definition) is 4. The summed E-state index contributed by atoms with van der Waals surface area (Å²) in [6.45, 7) is 5.24. The molecule has 0 bridgehead atoms. The average molecular weight is 393 g/mol. The highest BCUT2D eigenvalue weighted by atomic mass is 19.4. The fraction of sp³-hybridized carbons (Fsp3) is 0.474. The van der Waals surface area contributed by atoms with E-state index >= 15 is 0 Å². The van der Waals surface area contributed by atoms with Crippen molar-refractivity contribution < 1.29 is 18.0 Å². The molecular formula is C19H22F3N5O. The second kappa shape index (κ2) is 8.12. The van der Waals surface area contributed by atoms with Crippen LogP contribution >= 0.6 is 0 Å². The summed E-state index contributed by atoms with van der Waals surface area (Å²) in [6.07, 6.45) is 0.440. The molecule has 0 radical (unpaired) electrons. The van der Waals surface area contributed by atoms with Gasteiger partial charge in [-0.2, -0.15) is 18.0 Å². The van der Waals surface area contributed by atoms with Crippen molar-refractivity contribution in [2.75, 3.05) is 13.1 Å². The van der Waals surface area contributed by atoms with Gasteiger partial charge in [-0.25, -0.2) is 0 Å². The molecule has 1 saturated heterocycles. The number of aromatic nitrogens is 4. The summed E-state index contributed by atoms with van der Waals surface area (Å²) in [5.41, 5.74) is 0.123. The van der Waals surface area contributed by atoms with Crippen molar-refractivity contribution in [1.82, 2.24) is 25.1 Å². The summed E-state index contributed by atoms with van der Waals surface area (Å²) in [5.74, 6) is 0.902. The molecule has 0 unspecified atom stereocenters. The lowest BCUT2D eigenvalue weighted by Crippen LogP contribution is -2.36. The van der Waals surface area contributed by atoms with Gasteiger partial charge in [0.15, 0.2) is 5.82 Å². The molecule has 0 aliphatic carbocycles. The Morgan fingerprint density at radius 2 is 2.00 bits per heavy atom. The maximum absolute atomic E-state index is 13.1. The van der Waals surface area contributed by atoms with Gasteiger partial charge in [-0.3, -0.25) is 4.79 Å². The molecule has 1 fully saturated rings. The Labute approximate surface area is 161 Å². The number of likely N-dealkylation sites (tertiary alicyclic amines) is 1. The molecule has 1 aromatic carbocycles. The second-order valence-electron chi connectivity index (χ2n) is 7.12. The molecule has 28 heavy (non-hydrogen) atoms. The number of alkyl halides is 3. The zero-order valence-corrected chi connectivity index (χ0v) is 15.8. The lowest BCUT2D eigenvalue weighted by atomic mass is 9.99. The third-order valence-electron chi connectivity index (χ3n) is 4.84. The summed E-state index contributed by atoms with van der Waals surface area (Å²) in [7, 11) is 0. The molecule has 3 rings (SSSR count). The third-order valence-corrected chi connectivity index (χ3v) is 4.84. The van der Waals surface area contributed by atoms with Crippen molar-refractivity contribution in [1.29, 1.82) is 0 Å². The number of amides is 1. The van der Waals surface area contributed by atoms with Crippen LogP contribution in [0.1, 0.15) is 42.3 Å². The van der Waals surface area contributed by atoms with Crippen LogP contribution in [0.5, 0.6) is 0 Å². The fourth-order valence-electron chi connectivity index (χ4n) is 3.12. The zero-order chi connectivity index (χ0) is 20.3. The molecule has 9 heteroatoms. The third kappa shape index (κ3) is 4.96. The van der Waals surface area contributed by atoms with E-state index in [2.05, 4.69) is 22.3 Å². The molecule has 2 aromatic rings. The van der Waals surface area contributed by atoms with Gasteiger partial charge in [0.25, 0.3) is 0 Å². The van der Waals surface area contributed by atoms with Gasteiger partial charge in [0.1, 0.15) is 0 Å². The van der Waals surface area contributed by atoms with Crippen LogP contribution in [-0.4, -0.2) is 44.1 Å². The molecule has 1 amide bonds. The van der Waals surface area contributed by atoms with Gasteiger partial charge >= 0.3 is 6.18 Å². The Bertz CT molecular complexity index is 867. The Hall–Kier alpha value is -2.71. The highest BCUT2D eigenvalue weighted by Crippen LogP contribution is 2.31. The highest BCUT2D eigenvalue weighted by Gasteiger charge is 2.31. The van der Waals surface area contributed by atoms with Crippen LogP contribution in [0.4, 0.5) is 13.2 Å². The van der Waals surface area contributed by atoms with Gasteiger partial charge in [-0.15, -0.1) is 10.2 Å². The van der Waals surface area contributed by atoms with E-state index in [1.54, 1.807) is 17.9 Å². The molecule has 0 N–H and O–H groups in total. The van der Waals surface area contributed by atoms with E-state index in [1.165, 1.54) is 16.9 Å². The van der Waals surface area contributed by atoms with E-state index in [1.807, 2.05) is 0 Å². The average Bonchev–Trinajstić information content (AvgIpc) is 3.05. The van der Waals surface area contributed by atoms with Crippen molar-refractivity contribution in [2.45, 2.75) is 39.4 Å². The van der Waals surface area contributed by atoms with Crippen LogP contribution in [-0.2, 0) is 17.5 Å². The van der Waals surface area contributed by atoms with E-state index in [0.29, 0.717) is 36.0 Å². The van der Waals surface area contributed by atoms with Gasteiger partial charge in [-0.1, -0.05) is 13.0 Å². The number of carbonyl (C=O) groups excluding carboxylic acids is 1. The maximum atomic E-state index is 13.1. The first-order valence-electron chi connectivity index (χ1n) is 9.14. The molecule has 6 nitrogen and oxygen atoms in total. The van der Waals surface area contributed by atoms with Crippen molar-refractivity contribution in [2.24, 2.45) is 5.92 Å². The minimum absolute atomic E-state index is 0.0276. The number of aryl methyl sites for hydroxylation is 1. The summed E-state index contributed by atoms with van der Waals surface area (Å²) in [5, 5.41) is 11.6. The number of piperidine rings is 1. The molecule has 0 saturated carbocycles. The Morgan fingerprint density at radius 1 is 1.29 bits per heavy atom. The van der Waals surface area contributed by atoms with Crippen LogP contribution in [0.15, 0.2) is 24.3 Å². The number of nitrogens with zero attached hydrogens (tertiary/aromatic N) is 5. The maximum Gasteiger partial charge on any atom is 0.416 e. The van der Waals surface area contributed by atoms with E-state index < -0.39 is 11.7 Å². The van der Waals surface area contributed by atoms with Gasteiger partial charge in [0.05, 0.1) is 12.1 Å². The molecular weight excluding hydrogens is 371 g/mol. The number of hydrogen-bond donors (Lipinski definition) is 0. The number of benzene rings is 1. The van der Waals surface area contributed by atoms with Crippen LogP contribution in [0.2, 0.25) is 0 Å². The summed E-state index contributed by atoms with van der Waals surface area (Å²) < 4.78 is 39.3. The Balaban J connectivity index is 1.83. The molecule has 0 atom stereocenters. The second-order valence-corrected chi connectivity index (χ2v) is 7.12. The van der Waals surface area contributed by atoms with E-state index in [4.69, 9.17) is 0 Å². The predicted molar refractivity (Wildman–Crippen MR) is 97.1 cm³/mol. The van der Waals surface area contributed by atoms with E-state index in [-0.39, 0.29) is 12.5 Å². The minimum atomic E-state index is -4.46. The van der Waals surface area contributed by atoms with Gasteiger partial charge < -0.3 is 4.90 Å². The van der Waals surface area contributed by atoms with Crippen molar-refractivity contribution in [3.8, 4) is 0 Å². The lowest BCUT2D eigenvalue weighted by molar-refractivity contribution is -0.137. The van der Waals surface area contributed by atoms with Gasteiger partial charge in [0.2, 0.25) is 5.91 Å². The number of tetrazole rings is 1. The highest BCUT2D eigenvalue weighted by molar-refractivity contribution is 5.92. The number of carbonyl (C=O) groups is 1.